The Balaban J connectivity index is 1.92. The van der Waals surface area contributed by atoms with Crippen molar-refractivity contribution in [1.29, 1.82) is 0 Å². The second-order valence-corrected chi connectivity index (χ2v) is 7.17. The Morgan fingerprint density at radius 1 is 1.33 bits per heavy atom. The van der Waals surface area contributed by atoms with Gasteiger partial charge < -0.3 is 14.7 Å². The van der Waals surface area contributed by atoms with E-state index in [-0.39, 0.29) is 17.0 Å². The number of phenolic OH excluding ortho intramolecular Hbond substituents is 1. The molecule has 4 nitrogen and oxygen atoms in total. The summed E-state index contributed by atoms with van der Waals surface area (Å²) in [5.74, 6) is 1.71. The van der Waals surface area contributed by atoms with E-state index in [4.69, 9.17) is 16.3 Å². The molecule has 1 aliphatic heterocycles. The van der Waals surface area contributed by atoms with E-state index in [1.165, 1.54) is 0 Å². The van der Waals surface area contributed by atoms with Gasteiger partial charge in [0.2, 0.25) is 5.91 Å². The van der Waals surface area contributed by atoms with Gasteiger partial charge in [0.05, 0.1) is 7.11 Å². The maximum absolute atomic E-state index is 12.5. The molecular formula is C18H18ClNO3S. The van der Waals surface area contributed by atoms with Crippen LogP contribution in [0.4, 0.5) is 0 Å². The molecule has 1 N–H and O–H groups in total. The summed E-state index contributed by atoms with van der Waals surface area (Å²) in [6.45, 7) is 0.458. The first-order valence-corrected chi connectivity index (χ1v) is 9.03. The predicted molar refractivity (Wildman–Crippen MR) is 96.5 cm³/mol. The lowest BCUT2D eigenvalue weighted by atomic mass is 10.1. The lowest BCUT2D eigenvalue weighted by molar-refractivity contribution is -0.132. The fourth-order valence-electron chi connectivity index (χ4n) is 2.74. The zero-order valence-electron chi connectivity index (χ0n) is 13.2. The predicted octanol–water partition coefficient (Wildman–Crippen LogP) is 4.22. The molecule has 0 aliphatic carbocycles. The summed E-state index contributed by atoms with van der Waals surface area (Å²) >= 11 is 7.71. The van der Waals surface area contributed by atoms with Crippen LogP contribution in [0.5, 0.6) is 11.5 Å². The molecule has 6 heteroatoms. The van der Waals surface area contributed by atoms with Crippen LogP contribution in [0.15, 0.2) is 42.5 Å². The molecule has 1 heterocycles. The normalized spacial score (nSPS) is 17.8. The number of rotatable bonds is 4. The van der Waals surface area contributed by atoms with Gasteiger partial charge in [0.25, 0.3) is 0 Å². The number of carbonyl (C=O) groups is 1. The first-order valence-electron chi connectivity index (χ1n) is 7.61. The van der Waals surface area contributed by atoms with Crippen LogP contribution in [0.1, 0.15) is 22.9 Å². The third-order valence-corrected chi connectivity index (χ3v) is 5.44. The van der Waals surface area contributed by atoms with Crippen molar-refractivity contribution in [3.63, 3.8) is 0 Å². The van der Waals surface area contributed by atoms with E-state index >= 15 is 0 Å². The monoisotopic (exact) mass is 363 g/mol. The quantitative estimate of drug-likeness (QED) is 0.883. The number of carbonyl (C=O) groups excluding carboxylic acids is 1. The van der Waals surface area contributed by atoms with Gasteiger partial charge >= 0.3 is 0 Å². The van der Waals surface area contributed by atoms with Crippen molar-refractivity contribution in [3.05, 3.63) is 58.6 Å². The second-order valence-electron chi connectivity index (χ2n) is 5.55. The number of aromatic hydroxyl groups is 1. The van der Waals surface area contributed by atoms with Gasteiger partial charge in [0.15, 0.2) is 0 Å². The number of hydrogen-bond donors (Lipinski definition) is 1. The molecule has 1 saturated heterocycles. The maximum Gasteiger partial charge on any atom is 0.224 e. The minimum Gasteiger partial charge on any atom is -0.508 e. The molecule has 1 unspecified atom stereocenters. The van der Waals surface area contributed by atoms with Crippen molar-refractivity contribution in [3.8, 4) is 11.5 Å². The number of benzene rings is 2. The molecule has 0 bridgehead atoms. The maximum atomic E-state index is 12.5. The minimum absolute atomic E-state index is 0.0703. The summed E-state index contributed by atoms with van der Waals surface area (Å²) in [6.07, 6.45) is 0.493. The molecule has 0 aromatic heterocycles. The second kappa shape index (κ2) is 7.36. The van der Waals surface area contributed by atoms with Gasteiger partial charge in [0, 0.05) is 29.3 Å². The number of nitrogens with zero attached hydrogens (tertiary/aromatic N) is 1. The molecule has 0 spiro atoms. The van der Waals surface area contributed by atoms with Gasteiger partial charge in [-0.2, -0.15) is 0 Å². The van der Waals surface area contributed by atoms with E-state index < -0.39 is 0 Å². The average Bonchev–Trinajstić information content (AvgIpc) is 2.59. The topological polar surface area (TPSA) is 49.8 Å². The molecule has 1 fully saturated rings. The number of methoxy groups -OCH3 is 1. The van der Waals surface area contributed by atoms with E-state index in [0.29, 0.717) is 23.6 Å². The Labute approximate surface area is 150 Å². The highest BCUT2D eigenvalue weighted by atomic mass is 35.5. The number of phenols is 1. The van der Waals surface area contributed by atoms with Crippen LogP contribution < -0.4 is 4.74 Å². The average molecular weight is 364 g/mol. The highest BCUT2D eigenvalue weighted by molar-refractivity contribution is 7.99. The van der Waals surface area contributed by atoms with Crippen LogP contribution in [-0.2, 0) is 11.3 Å². The lowest BCUT2D eigenvalue weighted by Crippen LogP contribution is -2.36. The Morgan fingerprint density at radius 2 is 2.17 bits per heavy atom. The van der Waals surface area contributed by atoms with Gasteiger partial charge in [-0.15, -0.1) is 11.8 Å². The third kappa shape index (κ3) is 3.62. The van der Waals surface area contributed by atoms with Crippen LogP contribution in [-0.4, -0.2) is 28.8 Å². The van der Waals surface area contributed by atoms with Gasteiger partial charge in [0.1, 0.15) is 16.9 Å². The van der Waals surface area contributed by atoms with Crippen LogP contribution in [0.2, 0.25) is 5.02 Å². The number of halogens is 1. The minimum atomic E-state index is -0.254. The highest BCUT2D eigenvalue weighted by Crippen LogP contribution is 2.42. The highest BCUT2D eigenvalue weighted by Gasteiger charge is 2.31. The molecule has 1 aliphatic rings. The molecular weight excluding hydrogens is 346 g/mol. The van der Waals surface area contributed by atoms with Crippen molar-refractivity contribution >= 4 is 29.3 Å². The van der Waals surface area contributed by atoms with Crippen molar-refractivity contribution < 1.29 is 14.6 Å². The Morgan fingerprint density at radius 3 is 2.96 bits per heavy atom. The Hall–Kier alpha value is -1.85. The van der Waals surface area contributed by atoms with Crippen molar-refractivity contribution in [2.24, 2.45) is 0 Å². The van der Waals surface area contributed by atoms with E-state index in [2.05, 4.69) is 0 Å². The Bertz CT molecular complexity index is 753. The summed E-state index contributed by atoms with van der Waals surface area (Å²) in [7, 11) is 1.62. The lowest BCUT2D eigenvalue weighted by Gasteiger charge is -2.36. The van der Waals surface area contributed by atoms with Gasteiger partial charge in [-0.1, -0.05) is 23.7 Å². The fraction of sp³-hybridized carbons (Fsp3) is 0.278. The van der Waals surface area contributed by atoms with Gasteiger partial charge in [-0.05, 0) is 35.9 Å². The van der Waals surface area contributed by atoms with Crippen molar-refractivity contribution in [1.82, 2.24) is 4.90 Å². The first-order chi connectivity index (χ1) is 11.6. The standard InChI is InChI=1S/C18H18ClNO3S/c1-23-14-4-2-3-12(9-14)11-20-17(22)7-8-24-18(20)15-10-13(19)5-6-16(15)21/h2-6,9-10,18,21H,7-8,11H2,1H3. The van der Waals surface area contributed by atoms with E-state index in [9.17, 15) is 9.90 Å². The molecule has 1 atom stereocenters. The van der Waals surface area contributed by atoms with E-state index in [0.717, 1.165) is 17.1 Å². The van der Waals surface area contributed by atoms with Gasteiger partial charge in [-0.25, -0.2) is 0 Å². The molecule has 0 saturated carbocycles. The van der Waals surface area contributed by atoms with Crippen LogP contribution >= 0.6 is 23.4 Å². The summed E-state index contributed by atoms with van der Waals surface area (Å²) in [5, 5.41) is 10.5. The number of amides is 1. The fourth-order valence-corrected chi connectivity index (χ4v) is 4.18. The molecule has 3 rings (SSSR count). The van der Waals surface area contributed by atoms with E-state index in [1.807, 2.05) is 24.3 Å². The molecule has 2 aromatic rings. The molecule has 2 aromatic carbocycles. The summed E-state index contributed by atoms with van der Waals surface area (Å²) in [4.78, 5) is 14.3. The van der Waals surface area contributed by atoms with Crippen LogP contribution in [0.3, 0.4) is 0 Å². The molecule has 126 valence electrons. The van der Waals surface area contributed by atoms with Gasteiger partial charge in [-0.3, -0.25) is 4.79 Å². The SMILES string of the molecule is COc1cccc(CN2C(=O)CCSC2c2cc(Cl)ccc2O)c1. The summed E-state index contributed by atoms with van der Waals surface area (Å²) < 4.78 is 5.25. The number of hydrogen-bond acceptors (Lipinski definition) is 4. The zero-order chi connectivity index (χ0) is 17.1. The molecule has 24 heavy (non-hydrogen) atoms. The van der Waals surface area contributed by atoms with E-state index in [1.54, 1.807) is 42.0 Å². The van der Waals surface area contributed by atoms with Crippen molar-refractivity contribution in [2.75, 3.05) is 12.9 Å². The smallest absolute Gasteiger partial charge is 0.224 e. The molecule has 1 amide bonds. The summed E-state index contributed by atoms with van der Waals surface area (Å²) in [6, 6.07) is 12.6. The largest absolute Gasteiger partial charge is 0.508 e. The number of ether oxygens (including phenoxy) is 1. The molecule has 0 radical (unpaired) electrons. The van der Waals surface area contributed by atoms with Crippen molar-refractivity contribution in [2.45, 2.75) is 18.3 Å². The zero-order valence-corrected chi connectivity index (χ0v) is 14.8. The Kier molecular flexibility index (Phi) is 5.21. The third-order valence-electron chi connectivity index (χ3n) is 3.94. The number of thioether (sulfide) groups is 1. The van der Waals surface area contributed by atoms with Crippen LogP contribution in [0, 0.1) is 0 Å². The van der Waals surface area contributed by atoms with Crippen LogP contribution in [0.25, 0.3) is 0 Å². The first kappa shape index (κ1) is 17.0. The summed E-state index contributed by atoms with van der Waals surface area (Å²) in [5.41, 5.74) is 1.65.